The summed E-state index contributed by atoms with van der Waals surface area (Å²) in [6.07, 6.45) is 7.83. The summed E-state index contributed by atoms with van der Waals surface area (Å²) in [5.74, 6) is 0.422. The van der Waals surface area contributed by atoms with Crippen LogP contribution < -0.4 is 5.32 Å². The number of amides is 1. The molecule has 1 aromatic rings. The standard InChI is InChI=1S/C14H19NOS/c1-17-13-9-7-12(8-10-13)15-14(16)11-5-3-2-4-6-11/h7-11H,2-6H2,1H3,(H,15,16). The molecule has 1 aromatic carbocycles. The number of rotatable bonds is 3. The molecule has 0 saturated heterocycles. The number of carbonyl (C=O) groups is 1. The number of anilines is 1. The summed E-state index contributed by atoms with van der Waals surface area (Å²) in [6.45, 7) is 0. The number of hydrogen-bond donors (Lipinski definition) is 1. The minimum atomic E-state index is 0.196. The number of nitrogens with one attached hydrogen (secondary N) is 1. The fourth-order valence-corrected chi connectivity index (χ4v) is 2.69. The lowest BCUT2D eigenvalue weighted by Crippen LogP contribution is -2.24. The number of hydrogen-bond acceptors (Lipinski definition) is 2. The molecular weight excluding hydrogens is 230 g/mol. The SMILES string of the molecule is CSc1ccc(NC(=O)C2CCCCC2)cc1. The van der Waals surface area contributed by atoms with Gasteiger partial charge in [0.2, 0.25) is 5.91 Å². The van der Waals surface area contributed by atoms with E-state index in [1.807, 2.05) is 24.3 Å². The lowest BCUT2D eigenvalue weighted by atomic mass is 9.88. The van der Waals surface area contributed by atoms with E-state index in [1.54, 1.807) is 11.8 Å². The topological polar surface area (TPSA) is 29.1 Å². The Morgan fingerprint density at radius 2 is 1.82 bits per heavy atom. The molecule has 0 heterocycles. The normalized spacial score (nSPS) is 16.8. The Kier molecular flexibility index (Phi) is 4.49. The Morgan fingerprint density at radius 3 is 2.41 bits per heavy atom. The van der Waals surface area contributed by atoms with E-state index < -0.39 is 0 Å². The Labute approximate surface area is 107 Å². The van der Waals surface area contributed by atoms with Crippen LogP contribution >= 0.6 is 11.8 Å². The largest absolute Gasteiger partial charge is 0.326 e. The van der Waals surface area contributed by atoms with Gasteiger partial charge in [0.1, 0.15) is 0 Å². The van der Waals surface area contributed by atoms with Crippen molar-refractivity contribution in [1.82, 2.24) is 0 Å². The van der Waals surface area contributed by atoms with Crippen LogP contribution in [-0.4, -0.2) is 12.2 Å². The van der Waals surface area contributed by atoms with Crippen LogP contribution in [0.3, 0.4) is 0 Å². The molecule has 17 heavy (non-hydrogen) atoms. The van der Waals surface area contributed by atoms with Gasteiger partial charge in [-0.15, -0.1) is 11.8 Å². The first kappa shape index (κ1) is 12.5. The molecule has 0 spiro atoms. The highest BCUT2D eigenvalue weighted by atomic mass is 32.2. The molecule has 0 aromatic heterocycles. The molecule has 1 amide bonds. The van der Waals surface area contributed by atoms with E-state index in [4.69, 9.17) is 0 Å². The zero-order valence-electron chi connectivity index (χ0n) is 10.2. The maximum Gasteiger partial charge on any atom is 0.227 e. The minimum Gasteiger partial charge on any atom is -0.326 e. The smallest absolute Gasteiger partial charge is 0.227 e. The van der Waals surface area contributed by atoms with Crippen LogP contribution in [0.5, 0.6) is 0 Å². The summed E-state index contributed by atoms with van der Waals surface area (Å²) >= 11 is 1.71. The van der Waals surface area contributed by atoms with Gasteiger partial charge in [0.05, 0.1) is 0 Å². The summed E-state index contributed by atoms with van der Waals surface area (Å²) in [7, 11) is 0. The van der Waals surface area contributed by atoms with E-state index in [9.17, 15) is 4.79 Å². The molecule has 1 fully saturated rings. The molecule has 0 unspecified atom stereocenters. The van der Waals surface area contributed by atoms with E-state index in [0.717, 1.165) is 18.5 Å². The molecule has 3 heteroatoms. The molecule has 1 N–H and O–H groups in total. The number of thioether (sulfide) groups is 1. The van der Waals surface area contributed by atoms with E-state index in [2.05, 4.69) is 11.6 Å². The van der Waals surface area contributed by atoms with Crippen LogP contribution in [-0.2, 0) is 4.79 Å². The third-order valence-electron chi connectivity index (χ3n) is 3.33. The zero-order chi connectivity index (χ0) is 12.1. The zero-order valence-corrected chi connectivity index (χ0v) is 11.1. The Balaban J connectivity index is 1.92. The Morgan fingerprint density at radius 1 is 1.18 bits per heavy atom. The van der Waals surface area contributed by atoms with E-state index in [1.165, 1.54) is 24.2 Å². The maximum absolute atomic E-state index is 12.0. The molecule has 2 nitrogen and oxygen atoms in total. The molecule has 92 valence electrons. The Hall–Kier alpha value is -0.960. The van der Waals surface area contributed by atoms with Gasteiger partial charge >= 0.3 is 0 Å². The molecule has 1 saturated carbocycles. The monoisotopic (exact) mass is 249 g/mol. The van der Waals surface area contributed by atoms with Crippen molar-refractivity contribution in [3.63, 3.8) is 0 Å². The molecule has 0 bridgehead atoms. The Bertz CT molecular complexity index is 368. The van der Waals surface area contributed by atoms with Gasteiger partial charge in [0.15, 0.2) is 0 Å². The molecular formula is C14H19NOS. The summed E-state index contributed by atoms with van der Waals surface area (Å²) in [5, 5.41) is 3.01. The van der Waals surface area contributed by atoms with Gasteiger partial charge in [-0.2, -0.15) is 0 Å². The van der Waals surface area contributed by atoms with Crippen LogP contribution in [0.1, 0.15) is 32.1 Å². The van der Waals surface area contributed by atoms with Gasteiger partial charge in [-0.05, 0) is 43.4 Å². The van der Waals surface area contributed by atoms with Crippen molar-refractivity contribution < 1.29 is 4.79 Å². The van der Waals surface area contributed by atoms with Crippen LogP contribution in [0.25, 0.3) is 0 Å². The maximum atomic E-state index is 12.0. The average molecular weight is 249 g/mol. The van der Waals surface area contributed by atoms with Crippen molar-refractivity contribution in [3.8, 4) is 0 Å². The van der Waals surface area contributed by atoms with Crippen molar-refractivity contribution in [2.75, 3.05) is 11.6 Å². The van der Waals surface area contributed by atoms with Crippen molar-refractivity contribution >= 4 is 23.4 Å². The first-order chi connectivity index (χ1) is 8.29. The van der Waals surface area contributed by atoms with E-state index in [0.29, 0.717) is 0 Å². The summed E-state index contributed by atoms with van der Waals surface area (Å²) in [6, 6.07) is 8.04. The van der Waals surface area contributed by atoms with Gasteiger partial charge < -0.3 is 5.32 Å². The number of benzene rings is 1. The third kappa shape index (κ3) is 3.50. The highest BCUT2D eigenvalue weighted by Crippen LogP contribution is 2.25. The van der Waals surface area contributed by atoms with E-state index >= 15 is 0 Å². The minimum absolute atomic E-state index is 0.196. The van der Waals surface area contributed by atoms with Gasteiger partial charge in [-0.1, -0.05) is 19.3 Å². The van der Waals surface area contributed by atoms with Gasteiger partial charge in [-0.3, -0.25) is 4.79 Å². The van der Waals surface area contributed by atoms with Gasteiger partial charge in [0.25, 0.3) is 0 Å². The van der Waals surface area contributed by atoms with E-state index in [-0.39, 0.29) is 11.8 Å². The summed E-state index contributed by atoms with van der Waals surface area (Å²) < 4.78 is 0. The van der Waals surface area contributed by atoms with Crippen LogP contribution in [0.15, 0.2) is 29.2 Å². The molecule has 0 radical (unpaired) electrons. The first-order valence-electron chi connectivity index (χ1n) is 6.24. The lowest BCUT2D eigenvalue weighted by molar-refractivity contribution is -0.120. The molecule has 0 atom stereocenters. The second-order valence-corrected chi connectivity index (χ2v) is 5.43. The fraction of sp³-hybridized carbons (Fsp3) is 0.500. The second kappa shape index (κ2) is 6.10. The van der Waals surface area contributed by atoms with Crippen LogP contribution in [0.4, 0.5) is 5.69 Å². The van der Waals surface area contributed by atoms with Crippen LogP contribution in [0, 0.1) is 5.92 Å². The van der Waals surface area contributed by atoms with Crippen molar-refractivity contribution in [2.24, 2.45) is 5.92 Å². The predicted octanol–water partition coefficient (Wildman–Crippen LogP) is 3.93. The quantitative estimate of drug-likeness (QED) is 0.822. The summed E-state index contributed by atoms with van der Waals surface area (Å²) in [4.78, 5) is 13.2. The average Bonchev–Trinajstić information content (AvgIpc) is 2.40. The third-order valence-corrected chi connectivity index (χ3v) is 4.08. The summed E-state index contributed by atoms with van der Waals surface area (Å²) in [5.41, 5.74) is 0.915. The highest BCUT2D eigenvalue weighted by molar-refractivity contribution is 7.98. The second-order valence-electron chi connectivity index (χ2n) is 4.55. The lowest BCUT2D eigenvalue weighted by Gasteiger charge is -2.20. The van der Waals surface area contributed by atoms with Crippen molar-refractivity contribution in [1.29, 1.82) is 0 Å². The molecule has 2 rings (SSSR count). The van der Waals surface area contributed by atoms with Gasteiger partial charge in [0, 0.05) is 16.5 Å². The molecule has 1 aliphatic carbocycles. The molecule has 0 aliphatic heterocycles. The molecule has 1 aliphatic rings. The first-order valence-corrected chi connectivity index (χ1v) is 7.47. The van der Waals surface area contributed by atoms with Gasteiger partial charge in [-0.25, -0.2) is 0 Å². The predicted molar refractivity (Wildman–Crippen MR) is 73.4 cm³/mol. The number of carbonyl (C=O) groups excluding carboxylic acids is 1. The fourth-order valence-electron chi connectivity index (χ4n) is 2.28. The highest BCUT2D eigenvalue weighted by Gasteiger charge is 2.20. The van der Waals surface area contributed by atoms with Crippen molar-refractivity contribution in [3.05, 3.63) is 24.3 Å². The van der Waals surface area contributed by atoms with Crippen molar-refractivity contribution in [2.45, 2.75) is 37.0 Å². The van der Waals surface area contributed by atoms with Crippen LogP contribution in [0.2, 0.25) is 0 Å².